The number of hydrogen-bond acceptors (Lipinski definition) is 3. The largest absolute Gasteiger partial charge is 0.361 e. The van der Waals surface area contributed by atoms with E-state index in [1.165, 1.54) is 0 Å². The van der Waals surface area contributed by atoms with Crippen molar-refractivity contribution >= 4 is 27.7 Å². The number of H-pyrrole nitrogens is 1. The molecule has 0 atom stereocenters. The van der Waals surface area contributed by atoms with Crippen LogP contribution in [0.3, 0.4) is 0 Å². The third-order valence-corrected chi connectivity index (χ3v) is 4.49. The highest BCUT2D eigenvalue weighted by Gasteiger charge is 2.09. The maximum Gasteiger partial charge on any atom is 0.261 e. The van der Waals surface area contributed by atoms with Gasteiger partial charge in [-0.15, -0.1) is 0 Å². The minimum absolute atomic E-state index is 0.0870. The van der Waals surface area contributed by atoms with Crippen molar-refractivity contribution in [1.82, 2.24) is 19.9 Å². The topological polar surface area (TPSA) is 79.8 Å². The van der Waals surface area contributed by atoms with Gasteiger partial charge in [0.15, 0.2) is 0 Å². The lowest BCUT2D eigenvalue weighted by atomic mass is 10.1. The Bertz CT molecular complexity index is 1170. The van der Waals surface area contributed by atoms with Crippen LogP contribution in [0.1, 0.15) is 16.2 Å². The van der Waals surface area contributed by atoms with Gasteiger partial charge in [-0.05, 0) is 43.3 Å². The number of aromatic nitrogens is 3. The molecule has 0 unspecified atom stereocenters. The number of aryl methyl sites for hydroxylation is 1. The van der Waals surface area contributed by atoms with Crippen LogP contribution in [-0.4, -0.2) is 27.0 Å². The number of nitrogens with one attached hydrogen (secondary N) is 2. The molecule has 0 aliphatic heterocycles. The Morgan fingerprint density at radius 3 is 2.92 bits per heavy atom. The first-order chi connectivity index (χ1) is 12.6. The Labute approximate surface area is 149 Å². The number of para-hydroxylation sites is 1. The summed E-state index contributed by atoms with van der Waals surface area (Å²) in [5, 5.41) is 4.44. The summed E-state index contributed by atoms with van der Waals surface area (Å²) in [5.74, 6) is 0.476. The zero-order valence-electron chi connectivity index (χ0n) is 14.3. The first-order valence-corrected chi connectivity index (χ1v) is 8.45. The molecule has 2 heterocycles. The third-order valence-electron chi connectivity index (χ3n) is 4.49. The second-order valence-corrected chi connectivity index (χ2v) is 6.17. The molecule has 4 aromatic rings. The maximum absolute atomic E-state index is 12.6. The molecule has 2 aromatic carbocycles. The van der Waals surface area contributed by atoms with Crippen molar-refractivity contribution in [2.75, 3.05) is 6.54 Å². The van der Waals surface area contributed by atoms with Gasteiger partial charge in [-0.1, -0.05) is 12.1 Å². The van der Waals surface area contributed by atoms with Crippen molar-refractivity contribution in [1.29, 1.82) is 0 Å². The Balaban J connectivity index is 1.50. The van der Waals surface area contributed by atoms with Gasteiger partial charge in [0.2, 0.25) is 0 Å². The van der Waals surface area contributed by atoms with E-state index >= 15 is 0 Å². The van der Waals surface area contributed by atoms with E-state index in [0.29, 0.717) is 35.4 Å². The van der Waals surface area contributed by atoms with Gasteiger partial charge in [0.1, 0.15) is 5.82 Å². The average Bonchev–Trinajstić information content (AvgIpc) is 3.12. The van der Waals surface area contributed by atoms with Crippen LogP contribution >= 0.6 is 0 Å². The van der Waals surface area contributed by atoms with Gasteiger partial charge in [0, 0.05) is 35.8 Å². The van der Waals surface area contributed by atoms with E-state index in [0.717, 1.165) is 10.9 Å². The Morgan fingerprint density at radius 1 is 1.19 bits per heavy atom. The van der Waals surface area contributed by atoms with Crippen LogP contribution in [0.25, 0.3) is 21.8 Å². The van der Waals surface area contributed by atoms with Gasteiger partial charge in [-0.2, -0.15) is 0 Å². The number of fused-ring (bicyclic) bond motifs is 2. The van der Waals surface area contributed by atoms with E-state index in [-0.39, 0.29) is 11.5 Å². The molecular formula is C20H18N4O2. The van der Waals surface area contributed by atoms with E-state index in [1.807, 2.05) is 42.6 Å². The van der Waals surface area contributed by atoms with Gasteiger partial charge in [0.05, 0.1) is 10.9 Å². The lowest BCUT2D eigenvalue weighted by molar-refractivity contribution is 0.0952. The molecule has 0 fully saturated rings. The van der Waals surface area contributed by atoms with Gasteiger partial charge in [-0.3, -0.25) is 14.2 Å². The van der Waals surface area contributed by atoms with Crippen molar-refractivity contribution in [3.63, 3.8) is 0 Å². The molecule has 0 bridgehead atoms. The standard InChI is InChI=1S/C20H18N4O2/c1-13-23-18-5-3-2-4-16(18)20(26)24(13)11-10-22-19(25)15-6-7-17-14(12-15)8-9-21-17/h2-9,12,21H,10-11H2,1H3,(H,22,25). The van der Waals surface area contributed by atoms with Crippen LogP contribution in [0.5, 0.6) is 0 Å². The van der Waals surface area contributed by atoms with Crippen molar-refractivity contribution in [2.24, 2.45) is 0 Å². The van der Waals surface area contributed by atoms with Crippen molar-refractivity contribution in [2.45, 2.75) is 13.5 Å². The fourth-order valence-corrected chi connectivity index (χ4v) is 3.12. The van der Waals surface area contributed by atoms with Gasteiger partial charge < -0.3 is 10.3 Å². The molecular weight excluding hydrogens is 328 g/mol. The highest BCUT2D eigenvalue weighted by Crippen LogP contribution is 2.14. The summed E-state index contributed by atoms with van der Waals surface area (Å²) in [6.45, 7) is 2.53. The van der Waals surface area contributed by atoms with Crippen molar-refractivity contribution in [3.8, 4) is 0 Å². The monoisotopic (exact) mass is 346 g/mol. The quantitative estimate of drug-likeness (QED) is 0.596. The number of benzene rings is 2. The first kappa shape index (κ1) is 16.1. The molecule has 4 rings (SSSR count). The van der Waals surface area contributed by atoms with Gasteiger partial charge in [-0.25, -0.2) is 4.98 Å². The zero-order valence-corrected chi connectivity index (χ0v) is 14.3. The van der Waals surface area contributed by atoms with Crippen LogP contribution in [0.15, 0.2) is 59.5 Å². The minimum Gasteiger partial charge on any atom is -0.361 e. The summed E-state index contributed by atoms with van der Waals surface area (Å²) < 4.78 is 1.60. The Kier molecular flexibility index (Phi) is 4.01. The summed E-state index contributed by atoms with van der Waals surface area (Å²) in [6, 6.07) is 14.7. The number of nitrogens with zero attached hydrogens (tertiary/aromatic N) is 2. The summed E-state index contributed by atoms with van der Waals surface area (Å²) in [5.41, 5.74) is 2.19. The number of hydrogen-bond donors (Lipinski definition) is 2. The van der Waals surface area contributed by atoms with Crippen LogP contribution < -0.4 is 10.9 Å². The Hall–Kier alpha value is -3.41. The van der Waals surface area contributed by atoms with E-state index in [9.17, 15) is 9.59 Å². The second-order valence-electron chi connectivity index (χ2n) is 6.17. The molecule has 2 aromatic heterocycles. The van der Waals surface area contributed by atoms with E-state index in [4.69, 9.17) is 0 Å². The number of aromatic amines is 1. The van der Waals surface area contributed by atoms with E-state index < -0.39 is 0 Å². The smallest absolute Gasteiger partial charge is 0.261 e. The lowest BCUT2D eigenvalue weighted by Crippen LogP contribution is -2.32. The van der Waals surface area contributed by atoms with Gasteiger partial charge in [0.25, 0.3) is 11.5 Å². The normalized spacial score (nSPS) is 11.1. The highest BCUT2D eigenvalue weighted by atomic mass is 16.1. The molecule has 2 N–H and O–H groups in total. The average molecular weight is 346 g/mol. The third kappa shape index (κ3) is 2.86. The molecule has 0 spiro atoms. The van der Waals surface area contributed by atoms with Crippen molar-refractivity contribution in [3.05, 3.63) is 76.5 Å². The molecule has 0 saturated carbocycles. The molecule has 26 heavy (non-hydrogen) atoms. The maximum atomic E-state index is 12.6. The van der Waals surface area contributed by atoms with E-state index in [2.05, 4.69) is 15.3 Å². The summed E-state index contributed by atoms with van der Waals surface area (Å²) in [7, 11) is 0. The fraction of sp³-hybridized carbons (Fsp3) is 0.150. The second kappa shape index (κ2) is 6.48. The summed E-state index contributed by atoms with van der Waals surface area (Å²) in [4.78, 5) is 32.5. The number of amides is 1. The van der Waals surface area contributed by atoms with Gasteiger partial charge >= 0.3 is 0 Å². The van der Waals surface area contributed by atoms with Crippen LogP contribution in [0, 0.1) is 6.92 Å². The zero-order chi connectivity index (χ0) is 18.1. The molecule has 0 aliphatic carbocycles. The SMILES string of the molecule is Cc1nc2ccccc2c(=O)n1CCNC(=O)c1ccc2[nH]ccc2c1. The fourth-order valence-electron chi connectivity index (χ4n) is 3.12. The number of carbonyl (C=O) groups excluding carboxylic acids is 1. The number of carbonyl (C=O) groups is 1. The molecule has 1 amide bonds. The number of rotatable bonds is 4. The van der Waals surface area contributed by atoms with Crippen molar-refractivity contribution < 1.29 is 4.79 Å². The van der Waals surface area contributed by atoms with Crippen LogP contribution in [0.2, 0.25) is 0 Å². The summed E-state index contributed by atoms with van der Waals surface area (Å²) in [6.07, 6.45) is 1.84. The van der Waals surface area contributed by atoms with E-state index in [1.54, 1.807) is 23.6 Å². The Morgan fingerprint density at radius 2 is 2.04 bits per heavy atom. The molecule has 6 nitrogen and oxygen atoms in total. The lowest BCUT2D eigenvalue weighted by Gasteiger charge is -2.11. The minimum atomic E-state index is -0.160. The summed E-state index contributed by atoms with van der Waals surface area (Å²) >= 11 is 0. The predicted octanol–water partition coefficient (Wildman–Crippen LogP) is 2.62. The van der Waals surface area contributed by atoms with Crippen LogP contribution in [-0.2, 0) is 6.54 Å². The molecule has 0 saturated heterocycles. The van der Waals surface area contributed by atoms with Crippen LogP contribution in [0.4, 0.5) is 0 Å². The molecule has 0 radical (unpaired) electrons. The molecule has 130 valence electrons. The molecule has 6 heteroatoms. The predicted molar refractivity (Wildman–Crippen MR) is 101 cm³/mol. The molecule has 0 aliphatic rings. The highest BCUT2D eigenvalue weighted by molar-refractivity contribution is 5.98. The first-order valence-electron chi connectivity index (χ1n) is 8.45.